The highest BCUT2D eigenvalue weighted by atomic mass is 16.5. The second kappa shape index (κ2) is 3.46. The van der Waals surface area contributed by atoms with Gasteiger partial charge in [0.05, 0.1) is 6.04 Å². The summed E-state index contributed by atoms with van der Waals surface area (Å²) < 4.78 is 5.74. The van der Waals surface area contributed by atoms with Crippen molar-refractivity contribution in [3.05, 3.63) is 0 Å². The summed E-state index contributed by atoms with van der Waals surface area (Å²) in [7, 11) is 0. The highest BCUT2D eigenvalue weighted by Crippen LogP contribution is 2.27. The smallest absolute Gasteiger partial charge is 0.183 e. The van der Waals surface area contributed by atoms with E-state index in [1.807, 2.05) is 0 Å². The average molecular weight is 167 g/mol. The number of aliphatic imine (C=N–C) groups is 1. The van der Waals surface area contributed by atoms with Gasteiger partial charge in [-0.05, 0) is 19.3 Å². The van der Waals surface area contributed by atoms with Crippen LogP contribution in [0.15, 0.2) is 4.99 Å². The minimum absolute atomic E-state index is 0.433. The predicted octanol–water partition coefficient (Wildman–Crippen LogP) is 2.53. The maximum atomic E-state index is 5.74. The molecule has 0 aromatic rings. The molecule has 2 atom stereocenters. The van der Waals surface area contributed by atoms with Crippen LogP contribution in [0, 0.1) is 0 Å². The Labute approximate surface area is 74.0 Å². The van der Waals surface area contributed by atoms with Crippen molar-refractivity contribution in [2.45, 2.75) is 57.6 Å². The van der Waals surface area contributed by atoms with Crippen molar-refractivity contribution in [3.63, 3.8) is 0 Å². The number of ether oxygens (including phenoxy) is 1. The van der Waals surface area contributed by atoms with Crippen LogP contribution < -0.4 is 0 Å². The molecule has 0 radical (unpaired) electrons. The van der Waals surface area contributed by atoms with Crippen molar-refractivity contribution in [2.24, 2.45) is 4.99 Å². The monoisotopic (exact) mass is 167 g/mol. The van der Waals surface area contributed by atoms with E-state index in [-0.39, 0.29) is 0 Å². The van der Waals surface area contributed by atoms with Crippen molar-refractivity contribution in [2.75, 3.05) is 0 Å². The third-order valence-electron chi connectivity index (χ3n) is 2.82. The fourth-order valence-electron chi connectivity index (χ4n) is 2.10. The van der Waals surface area contributed by atoms with Crippen molar-refractivity contribution in [1.29, 1.82) is 0 Å². The summed E-state index contributed by atoms with van der Waals surface area (Å²) in [6, 6.07) is 0.502. The first kappa shape index (κ1) is 8.09. The number of fused-ring (bicyclic) bond motifs is 1. The van der Waals surface area contributed by atoms with Gasteiger partial charge in [-0.1, -0.05) is 19.8 Å². The van der Waals surface area contributed by atoms with Crippen LogP contribution in [0.4, 0.5) is 0 Å². The number of hydrogen-bond donors (Lipinski definition) is 0. The number of hydrogen-bond acceptors (Lipinski definition) is 2. The van der Waals surface area contributed by atoms with Crippen molar-refractivity contribution < 1.29 is 4.74 Å². The van der Waals surface area contributed by atoms with Gasteiger partial charge in [-0.15, -0.1) is 0 Å². The maximum absolute atomic E-state index is 5.74. The third-order valence-corrected chi connectivity index (χ3v) is 2.82. The minimum Gasteiger partial charge on any atom is -0.475 e. The Hall–Kier alpha value is -0.530. The fraction of sp³-hybridized carbons (Fsp3) is 0.900. The molecule has 1 aliphatic heterocycles. The van der Waals surface area contributed by atoms with Crippen LogP contribution >= 0.6 is 0 Å². The van der Waals surface area contributed by atoms with Gasteiger partial charge in [0.25, 0.3) is 0 Å². The van der Waals surface area contributed by atoms with E-state index in [1.54, 1.807) is 0 Å². The van der Waals surface area contributed by atoms with Gasteiger partial charge in [-0.3, -0.25) is 0 Å². The number of rotatable bonds is 1. The summed E-state index contributed by atoms with van der Waals surface area (Å²) in [5.41, 5.74) is 0. The highest BCUT2D eigenvalue weighted by molar-refractivity contribution is 5.77. The standard InChI is InChI=1S/C10H17NO/c1-2-10-11-8-6-4-3-5-7-9(8)12-10/h8-9H,2-7H2,1H3/t8-,9+/m1/s1. The summed E-state index contributed by atoms with van der Waals surface area (Å²) >= 11 is 0. The van der Waals surface area contributed by atoms with Crippen molar-refractivity contribution in [3.8, 4) is 0 Å². The first-order valence-corrected chi connectivity index (χ1v) is 5.13. The highest BCUT2D eigenvalue weighted by Gasteiger charge is 2.30. The first-order chi connectivity index (χ1) is 5.90. The van der Waals surface area contributed by atoms with E-state index in [4.69, 9.17) is 4.74 Å². The summed E-state index contributed by atoms with van der Waals surface area (Å²) in [6.07, 6.45) is 7.90. The Morgan fingerprint density at radius 2 is 2.17 bits per heavy atom. The summed E-state index contributed by atoms with van der Waals surface area (Å²) in [6.45, 7) is 2.12. The van der Waals surface area contributed by atoms with Crippen LogP contribution in [0.3, 0.4) is 0 Å². The molecule has 2 heteroatoms. The Bertz CT molecular complexity index is 188. The fourth-order valence-corrected chi connectivity index (χ4v) is 2.10. The molecule has 1 aliphatic carbocycles. The van der Waals surface area contributed by atoms with Crippen LogP contribution in [0.2, 0.25) is 0 Å². The largest absolute Gasteiger partial charge is 0.475 e. The van der Waals surface area contributed by atoms with E-state index in [0.29, 0.717) is 12.1 Å². The van der Waals surface area contributed by atoms with Gasteiger partial charge in [-0.2, -0.15) is 0 Å². The van der Waals surface area contributed by atoms with Crippen LogP contribution in [0.25, 0.3) is 0 Å². The molecular formula is C10H17NO. The molecule has 1 saturated carbocycles. The third kappa shape index (κ3) is 1.47. The molecule has 68 valence electrons. The van der Waals surface area contributed by atoms with Gasteiger partial charge in [0, 0.05) is 6.42 Å². The lowest BCUT2D eigenvalue weighted by Gasteiger charge is -2.13. The summed E-state index contributed by atoms with van der Waals surface area (Å²) in [4.78, 5) is 4.58. The Kier molecular flexibility index (Phi) is 2.33. The van der Waals surface area contributed by atoms with Crippen LogP contribution in [0.1, 0.15) is 45.4 Å². The topological polar surface area (TPSA) is 21.6 Å². The Morgan fingerprint density at radius 3 is 3.00 bits per heavy atom. The maximum Gasteiger partial charge on any atom is 0.183 e. The number of nitrogens with zero attached hydrogens (tertiary/aromatic N) is 1. The van der Waals surface area contributed by atoms with Crippen LogP contribution in [-0.2, 0) is 4.74 Å². The molecule has 0 unspecified atom stereocenters. The zero-order valence-corrected chi connectivity index (χ0v) is 7.75. The van der Waals surface area contributed by atoms with Gasteiger partial charge in [-0.25, -0.2) is 4.99 Å². The Balaban J connectivity index is 2.01. The van der Waals surface area contributed by atoms with E-state index in [9.17, 15) is 0 Å². The predicted molar refractivity (Wildman–Crippen MR) is 49.5 cm³/mol. The van der Waals surface area contributed by atoms with E-state index >= 15 is 0 Å². The molecule has 1 fully saturated rings. The molecule has 0 N–H and O–H groups in total. The van der Waals surface area contributed by atoms with E-state index in [0.717, 1.165) is 12.3 Å². The van der Waals surface area contributed by atoms with Gasteiger partial charge in [0.2, 0.25) is 0 Å². The Morgan fingerprint density at radius 1 is 1.33 bits per heavy atom. The second-order valence-electron chi connectivity index (χ2n) is 3.74. The van der Waals surface area contributed by atoms with Gasteiger partial charge in [0.15, 0.2) is 5.90 Å². The lowest BCUT2D eigenvalue weighted by molar-refractivity contribution is 0.179. The van der Waals surface area contributed by atoms with Gasteiger partial charge in [0.1, 0.15) is 6.10 Å². The minimum atomic E-state index is 0.433. The zero-order valence-electron chi connectivity index (χ0n) is 7.75. The summed E-state index contributed by atoms with van der Waals surface area (Å²) in [5.74, 6) is 0.993. The molecular weight excluding hydrogens is 150 g/mol. The molecule has 0 bridgehead atoms. The lowest BCUT2D eigenvalue weighted by Crippen LogP contribution is -2.20. The van der Waals surface area contributed by atoms with E-state index in [1.165, 1.54) is 32.1 Å². The van der Waals surface area contributed by atoms with E-state index < -0.39 is 0 Å². The van der Waals surface area contributed by atoms with Gasteiger partial charge < -0.3 is 4.74 Å². The van der Waals surface area contributed by atoms with Crippen molar-refractivity contribution in [1.82, 2.24) is 0 Å². The molecule has 0 spiro atoms. The molecule has 2 aliphatic rings. The molecule has 0 aromatic heterocycles. The molecule has 0 amide bonds. The van der Waals surface area contributed by atoms with Gasteiger partial charge >= 0.3 is 0 Å². The molecule has 2 rings (SSSR count). The average Bonchev–Trinajstić information content (AvgIpc) is 2.37. The molecule has 0 saturated heterocycles. The normalized spacial score (nSPS) is 34.9. The first-order valence-electron chi connectivity index (χ1n) is 5.13. The molecule has 1 heterocycles. The van der Waals surface area contributed by atoms with Crippen LogP contribution in [-0.4, -0.2) is 18.0 Å². The van der Waals surface area contributed by atoms with Crippen LogP contribution in [0.5, 0.6) is 0 Å². The molecule has 2 nitrogen and oxygen atoms in total. The molecule has 0 aromatic carbocycles. The quantitative estimate of drug-likeness (QED) is 0.588. The van der Waals surface area contributed by atoms with E-state index in [2.05, 4.69) is 11.9 Å². The zero-order chi connectivity index (χ0) is 8.39. The van der Waals surface area contributed by atoms with Crippen molar-refractivity contribution >= 4 is 5.90 Å². The summed E-state index contributed by atoms with van der Waals surface area (Å²) in [5, 5.41) is 0. The SMILES string of the molecule is CCC1=N[C@@H]2CCCCC[C@@H]2O1. The molecule has 12 heavy (non-hydrogen) atoms. The second-order valence-corrected chi connectivity index (χ2v) is 3.74. The lowest BCUT2D eigenvalue weighted by atomic mass is 10.1.